The van der Waals surface area contributed by atoms with Gasteiger partial charge in [-0.25, -0.2) is 0 Å². The van der Waals surface area contributed by atoms with E-state index in [9.17, 15) is 4.79 Å². The number of aryl methyl sites for hydroxylation is 1. The average Bonchev–Trinajstić information content (AvgIpc) is 3.26. The molecule has 9 heteroatoms. The third-order valence-electron chi connectivity index (χ3n) is 5.78. The van der Waals surface area contributed by atoms with Crippen LogP contribution in [-0.4, -0.2) is 20.8 Å². The molecule has 2 aromatic heterocycles. The van der Waals surface area contributed by atoms with Crippen LogP contribution in [-0.2, 0) is 19.4 Å². The first-order valence-corrected chi connectivity index (χ1v) is 11.2. The summed E-state index contributed by atoms with van der Waals surface area (Å²) in [5.74, 6) is 1.13. The van der Waals surface area contributed by atoms with Crippen molar-refractivity contribution in [3.63, 3.8) is 0 Å². The smallest absolute Gasteiger partial charge is 0.279 e. The van der Waals surface area contributed by atoms with Gasteiger partial charge in [-0.3, -0.25) is 9.48 Å². The number of halogens is 3. The highest BCUT2D eigenvalue weighted by Gasteiger charge is 2.34. The third-order valence-corrected chi connectivity index (χ3v) is 6.64. The minimum atomic E-state index is -0.378. The lowest BCUT2D eigenvalue weighted by atomic mass is 9.71. The molecule has 0 radical (unpaired) electrons. The first kappa shape index (κ1) is 22.2. The number of nitrogens with zero attached hydrogens (tertiary/aromatic N) is 3. The standard InChI is InChI=1S/C22H23Cl3N4O2/c1-22(2,3)13-5-7-18-15(8-13)19(28-31-18)21(30)26-20-17(25)11-29(27-20)10-12-4-6-14(23)9-16(12)24/h4,6,9,11,13H,5,7-8,10H2,1-3H3,(H,26,27,30). The lowest BCUT2D eigenvalue weighted by Crippen LogP contribution is -2.27. The average molecular weight is 482 g/mol. The van der Waals surface area contributed by atoms with Gasteiger partial charge in [0, 0.05) is 28.2 Å². The molecule has 1 atom stereocenters. The minimum absolute atomic E-state index is 0.147. The largest absolute Gasteiger partial charge is 0.360 e. The van der Waals surface area contributed by atoms with Gasteiger partial charge in [0.15, 0.2) is 11.5 Å². The molecule has 0 saturated heterocycles. The molecule has 1 aliphatic carbocycles. The van der Waals surface area contributed by atoms with E-state index < -0.39 is 0 Å². The van der Waals surface area contributed by atoms with Crippen molar-refractivity contribution in [1.29, 1.82) is 0 Å². The Morgan fingerprint density at radius 2 is 2.03 bits per heavy atom. The molecule has 6 nitrogen and oxygen atoms in total. The fourth-order valence-electron chi connectivity index (χ4n) is 3.88. The van der Waals surface area contributed by atoms with E-state index >= 15 is 0 Å². The van der Waals surface area contributed by atoms with Crippen molar-refractivity contribution in [1.82, 2.24) is 14.9 Å². The highest BCUT2D eigenvalue weighted by Crippen LogP contribution is 2.38. The monoisotopic (exact) mass is 480 g/mol. The summed E-state index contributed by atoms with van der Waals surface area (Å²) in [5, 5.41) is 12.6. The van der Waals surface area contributed by atoms with Crippen LogP contribution in [0.25, 0.3) is 0 Å². The van der Waals surface area contributed by atoms with Crippen LogP contribution < -0.4 is 5.32 Å². The van der Waals surface area contributed by atoms with Gasteiger partial charge in [0.05, 0.1) is 6.54 Å². The van der Waals surface area contributed by atoms with Crippen LogP contribution in [0.1, 0.15) is 54.6 Å². The van der Waals surface area contributed by atoms with E-state index in [1.54, 1.807) is 23.0 Å². The second-order valence-electron chi connectivity index (χ2n) is 8.95. The molecule has 4 rings (SSSR count). The van der Waals surface area contributed by atoms with Crippen LogP contribution in [0.5, 0.6) is 0 Å². The molecule has 1 aromatic carbocycles. The van der Waals surface area contributed by atoms with E-state index in [0.29, 0.717) is 33.2 Å². The maximum Gasteiger partial charge on any atom is 0.279 e. The molecule has 31 heavy (non-hydrogen) atoms. The highest BCUT2D eigenvalue weighted by molar-refractivity contribution is 6.35. The Labute approximate surface area is 195 Å². The molecule has 3 aromatic rings. The Balaban J connectivity index is 1.51. The van der Waals surface area contributed by atoms with Crippen molar-refractivity contribution in [2.45, 2.75) is 46.6 Å². The number of hydrogen-bond donors (Lipinski definition) is 1. The first-order chi connectivity index (χ1) is 14.6. The summed E-state index contributed by atoms with van der Waals surface area (Å²) in [6, 6.07) is 5.26. The van der Waals surface area contributed by atoms with Gasteiger partial charge in [0.1, 0.15) is 10.8 Å². The Kier molecular flexibility index (Phi) is 6.08. The predicted octanol–water partition coefficient (Wildman–Crippen LogP) is 6.28. The van der Waals surface area contributed by atoms with Gasteiger partial charge >= 0.3 is 0 Å². The van der Waals surface area contributed by atoms with E-state index in [1.165, 1.54) is 0 Å². The minimum Gasteiger partial charge on any atom is -0.360 e. The number of fused-ring (bicyclic) bond motifs is 1. The number of carbonyl (C=O) groups excluding carboxylic acids is 1. The number of benzene rings is 1. The Hall–Kier alpha value is -2.02. The molecular weight excluding hydrogens is 459 g/mol. The summed E-state index contributed by atoms with van der Waals surface area (Å²) in [4.78, 5) is 12.9. The number of hydrogen-bond acceptors (Lipinski definition) is 4. The third kappa shape index (κ3) is 4.76. The van der Waals surface area contributed by atoms with Crippen molar-refractivity contribution < 1.29 is 9.32 Å². The maximum absolute atomic E-state index is 12.9. The molecule has 1 aliphatic rings. The molecule has 2 heterocycles. The summed E-state index contributed by atoms with van der Waals surface area (Å²) >= 11 is 18.5. The Bertz CT molecular complexity index is 1130. The van der Waals surface area contributed by atoms with Crippen LogP contribution in [0.2, 0.25) is 15.1 Å². The van der Waals surface area contributed by atoms with Crippen molar-refractivity contribution in [3.8, 4) is 0 Å². The Morgan fingerprint density at radius 3 is 2.74 bits per heavy atom. The second-order valence-corrected chi connectivity index (χ2v) is 10.2. The molecule has 0 spiro atoms. The van der Waals surface area contributed by atoms with E-state index in [4.69, 9.17) is 39.3 Å². The molecule has 1 amide bonds. The lowest BCUT2D eigenvalue weighted by Gasteiger charge is -2.33. The summed E-state index contributed by atoms with van der Waals surface area (Å²) in [5.41, 5.74) is 2.16. The molecule has 0 bridgehead atoms. The van der Waals surface area contributed by atoms with E-state index in [-0.39, 0.29) is 17.1 Å². The van der Waals surface area contributed by atoms with Crippen molar-refractivity contribution >= 4 is 46.5 Å². The van der Waals surface area contributed by atoms with Crippen LogP contribution in [0.15, 0.2) is 28.9 Å². The van der Waals surface area contributed by atoms with Gasteiger partial charge in [0.25, 0.3) is 5.91 Å². The fraction of sp³-hybridized carbons (Fsp3) is 0.409. The van der Waals surface area contributed by atoms with E-state index in [1.807, 2.05) is 6.07 Å². The summed E-state index contributed by atoms with van der Waals surface area (Å²) < 4.78 is 7.06. The fourth-order valence-corrected chi connectivity index (χ4v) is 4.54. The Morgan fingerprint density at radius 1 is 1.26 bits per heavy atom. The van der Waals surface area contributed by atoms with Gasteiger partial charge in [-0.05, 0) is 41.9 Å². The van der Waals surface area contributed by atoms with Crippen molar-refractivity contribution in [2.75, 3.05) is 5.32 Å². The number of amides is 1. The van der Waals surface area contributed by atoms with Crippen LogP contribution in [0, 0.1) is 11.3 Å². The number of nitrogens with one attached hydrogen (secondary N) is 1. The molecule has 0 saturated carbocycles. The SMILES string of the molecule is CC(C)(C)C1CCc2onc(C(=O)Nc3nn(Cc4ccc(Cl)cc4Cl)cc3Cl)c2C1. The van der Waals surface area contributed by atoms with Crippen LogP contribution in [0.4, 0.5) is 5.82 Å². The maximum atomic E-state index is 12.9. The van der Waals surface area contributed by atoms with Crippen LogP contribution in [0.3, 0.4) is 0 Å². The van der Waals surface area contributed by atoms with Crippen LogP contribution >= 0.6 is 34.8 Å². The highest BCUT2D eigenvalue weighted by atomic mass is 35.5. The zero-order valence-electron chi connectivity index (χ0n) is 17.5. The van der Waals surface area contributed by atoms with E-state index in [0.717, 1.165) is 36.1 Å². The summed E-state index contributed by atoms with van der Waals surface area (Å²) in [6.07, 6.45) is 4.21. The second kappa shape index (κ2) is 8.49. The summed E-state index contributed by atoms with van der Waals surface area (Å²) in [7, 11) is 0. The van der Waals surface area contributed by atoms with Gasteiger partial charge in [-0.2, -0.15) is 5.10 Å². The van der Waals surface area contributed by atoms with Gasteiger partial charge in [-0.15, -0.1) is 0 Å². The van der Waals surface area contributed by atoms with Gasteiger partial charge in [0.2, 0.25) is 0 Å². The number of anilines is 1. The molecule has 164 valence electrons. The number of aromatic nitrogens is 3. The first-order valence-electron chi connectivity index (χ1n) is 10.1. The van der Waals surface area contributed by atoms with E-state index in [2.05, 4.69) is 36.3 Å². The topological polar surface area (TPSA) is 73.0 Å². The number of rotatable bonds is 4. The summed E-state index contributed by atoms with van der Waals surface area (Å²) in [6.45, 7) is 7.04. The zero-order valence-corrected chi connectivity index (χ0v) is 19.8. The molecular formula is C22H23Cl3N4O2. The van der Waals surface area contributed by atoms with Gasteiger partial charge in [-0.1, -0.05) is 66.8 Å². The molecule has 0 aliphatic heterocycles. The molecule has 1 unspecified atom stereocenters. The van der Waals surface area contributed by atoms with Crippen molar-refractivity contribution in [2.24, 2.45) is 11.3 Å². The molecule has 0 fully saturated rings. The predicted molar refractivity (Wildman–Crippen MR) is 122 cm³/mol. The normalized spacial score (nSPS) is 16.3. The van der Waals surface area contributed by atoms with Gasteiger partial charge < -0.3 is 9.84 Å². The van der Waals surface area contributed by atoms with Crippen molar-refractivity contribution in [3.05, 3.63) is 62.0 Å². The quantitative estimate of drug-likeness (QED) is 0.476. The zero-order chi connectivity index (χ0) is 22.3. The lowest BCUT2D eigenvalue weighted by molar-refractivity contribution is 0.101. The molecule has 1 N–H and O–H groups in total. The number of carbonyl (C=O) groups is 1.